The monoisotopic (exact) mass is 263 g/mol. The number of carbonyl (C=O) groups is 2. The van der Waals surface area contributed by atoms with E-state index in [2.05, 4.69) is 0 Å². The molecule has 0 aromatic heterocycles. The van der Waals surface area contributed by atoms with Gasteiger partial charge < -0.3 is 10.0 Å². The van der Waals surface area contributed by atoms with E-state index in [0.717, 1.165) is 24.0 Å². The van der Waals surface area contributed by atoms with E-state index in [-0.39, 0.29) is 0 Å². The molecule has 6 nitrogen and oxygen atoms in total. The summed E-state index contributed by atoms with van der Waals surface area (Å²) in [6.45, 7) is 1.19. The summed E-state index contributed by atoms with van der Waals surface area (Å²) < 4.78 is 22.5. The van der Waals surface area contributed by atoms with Crippen molar-refractivity contribution in [1.82, 2.24) is 4.90 Å². The van der Waals surface area contributed by atoms with E-state index in [1.165, 1.54) is 6.92 Å². The van der Waals surface area contributed by atoms with Gasteiger partial charge in [0.25, 0.3) is 0 Å². The Balaban J connectivity index is 2.73. The fraction of sp³-hybridized carbons (Fsp3) is 0.800. The molecule has 0 aromatic carbocycles. The largest absolute Gasteiger partial charge is 0.480 e. The zero-order valence-corrected chi connectivity index (χ0v) is 10.7. The van der Waals surface area contributed by atoms with Crippen LogP contribution in [0.2, 0.25) is 0 Å². The van der Waals surface area contributed by atoms with Crippen LogP contribution in [-0.2, 0) is 19.4 Å². The number of hydrogen-bond acceptors (Lipinski definition) is 4. The second-order valence-electron chi connectivity index (χ2n) is 4.53. The van der Waals surface area contributed by atoms with Gasteiger partial charge in [-0.05, 0) is 25.7 Å². The standard InChI is InChI=1S/C10H17NO5S/c1-7(17(2,15)16)10(14)11(6-9(12)13)5-8-3-4-8/h7-8H,3-6H2,1-2H3,(H,12,13). The number of hydrogen-bond donors (Lipinski definition) is 1. The van der Waals surface area contributed by atoms with Gasteiger partial charge in [0.1, 0.15) is 11.8 Å². The SMILES string of the molecule is CC(C(=O)N(CC(=O)O)CC1CC1)S(C)(=O)=O. The highest BCUT2D eigenvalue weighted by Crippen LogP contribution is 2.30. The van der Waals surface area contributed by atoms with Gasteiger partial charge in [0.05, 0.1) is 0 Å². The molecule has 0 aromatic rings. The maximum absolute atomic E-state index is 11.9. The number of carboxylic acid groups (broad SMARTS) is 1. The molecule has 1 aliphatic carbocycles. The predicted octanol–water partition coefficient (Wildman–Crippen LogP) is -0.257. The van der Waals surface area contributed by atoms with E-state index in [0.29, 0.717) is 12.5 Å². The summed E-state index contributed by atoms with van der Waals surface area (Å²) in [5.74, 6) is -1.42. The van der Waals surface area contributed by atoms with Crippen LogP contribution in [0.15, 0.2) is 0 Å². The molecule has 0 heterocycles. The van der Waals surface area contributed by atoms with E-state index in [1.807, 2.05) is 0 Å². The van der Waals surface area contributed by atoms with Crippen LogP contribution in [-0.4, -0.2) is 54.9 Å². The van der Waals surface area contributed by atoms with Gasteiger partial charge in [-0.1, -0.05) is 0 Å². The molecule has 98 valence electrons. The van der Waals surface area contributed by atoms with Crippen LogP contribution in [0.25, 0.3) is 0 Å². The average Bonchev–Trinajstić information content (AvgIpc) is 2.96. The van der Waals surface area contributed by atoms with Crippen LogP contribution in [0, 0.1) is 5.92 Å². The molecule has 1 rings (SSSR count). The summed E-state index contributed by atoms with van der Waals surface area (Å²) in [7, 11) is -3.48. The molecule has 1 unspecified atom stereocenters. The minimum Gasteiger partial charge on any atom is -0.480 e. The number of amides is 1. The lowest BCUT2D eigenvalue weighted by atomic mass is 10.3. The molecular weight excluding hydrogens is 246 g/mol. The first-order valence-electron chi connectivity index (χ1n) is 5.41. The molecule has 1 saturated carbocycles. The maximum atomic E-state index is 11.9. The molecule has 1 N–H and O–H groups in total. The molecule has 1 fully saturated rings. The maximum Gasteiger partial charge on any atom is 0.323 e. The van der Waals surface area contributed by atoms with E-state index in [1.54, 1.807) is 0 Å². The molecule has 0 radical (unpaired) electrons. The second kappa shape index (κ2) is 5.03. The van der Waals surface area contributed by atoms with Crippen molar-refractivity contribution in [2.24, 2.45) is 5.92 Å². The lowest BCUT2D eigenvalue weighted by Gasteiger charge is -2.23. The lowest BCUT2D eigenvalue weighted by molar-refractivity contribution is -0.144. The highest BCUT2D eigenvalue weighted by molar-refractivity contribution is 7.92. The number of sulfone groups is 1. The van der Waals surface area contributed by atoms with E-state index in [9.17, 15) is 18.0 Å². The summed E-state index contributed by atoms with van der Waals surface area (Å²) in [6.07, 6.45) is 2.92. The summed E-state index contributed by atoms with van der Waals surface area (Å²) >= 11 is 0. The van der Waals surface area contributed by atoms with Crippen molar-refractivity contribution >= 4 is 21.7 Å². The van der Waals surface area contributed by atoms with Gasteiger partial charge in [-0.3, -0.25) is 9.59 Å². The minimum absolute atomic E-state index is 0.324. The third-order valence-electron chi connectivity index (χ3n) is 2.80. The zero-order chi connectivity index (χ0) is 13.2. The van der Waals surface area contributed by atoms with Crippen molar-refractivity contribution in [2.45, 2.75) is 25.0 Å². The summed E-state index contributed by atoms with van der Waals surface area (Å²) in [6, 6.07) is 0. The molecule has 1 amide bonds. The highest BCUT2D eigenvalue weighted by atomic mass is 32.2. The Morgan fingerprint density at radius 2 is 1.94 bits per heavy atom. The highest BCUT2D eigenvalue weighted by Gasteiger charge is 2.33. The Bertz CT molecular complexity index is 412. The van der Waals surface area contributed by atoms with Gasteiger partial charge in [0.15, 0.2) is 9.84 Å². The summed E-state index contributed by atoms with van der Waals surface area (Å²) in [5.41, 5.74) is 0. The van der Waals surface area contributed by atoms with Gasteiger partial charge in [-0.2, -0.15) is 0 Å². The van der Waals surface area contributed by atoms with Crippen molar-refractivity contribution in [3.05, 3.63) is 0 Å². The lowest BCUT2D eigenvalue weighted by Crippen LogP contribution is -2.44. The molecule has 0 spiro atoms. The van der Waals surface area contributed by atoms with Gasteiger partial charge in [-0.25, -0.2) is 8.42 Å². The Morgan fingerprint density at radius 3 is 2.29 bits per heavy atom. The number of nitrogens with zero attached hydrogens (tertiary/aromatic N) is 1. The molecule has 0 saturated heterocycles. The predicted molar refractivity (Wildman–Crippen MR) is 61.2 cm³/mol. The zero-order valence-electron chi connectivity index (χ0n) is 9.92. The normalized spacial score (nSPS) is 17.5. The summed E-state index contributed by atoms with van der Waals surface area (Å²) in [5, 5.41) is 7.53. The van der Waals surface area contributed by atoms with Gasteiger partial charge in [0.2, 0.25) is 5.91 Å². The molecule has 1 aliphatic rings. The van der Waals surface area contributed by atoms with Crippen molar-refractivity contribution < 1.29 is 23.1 Å². The third kappa shape index (κ3) is 4.33. The first-order valence-corrected chi connectivity index (χ1v) is 7.36. The van der Waals surface area contributed by atoms with E-state index in [4.69, 9.17) is 5.11 Å². The average molecular weight is 263 g/mol. The fourth-order valence-corrected chi connectivity index (χ4v) is 1.96. The third-order valence-corrected chi connectivity index (χ3v) is 4.29. The molecule has 1 atom stereocenters. The second-order valence-corrected chi connectivity index (χ2v) is 6.89. The van der Waals surface area contributed by atoms with Crippen LogP contribution in [0.1, 0.15) is 19.8 Å². The molecule has 7 heteroatoms. The topological polar surface area (TPSA) is 91.8 Å². The quantitative estimate of drug-likeness (QED) is 0.713. The van der Waals surface area contributed by atoms with Crippen LogP contribution < -0.4 is 0 Å². The van der Waals surface area contributed by atoms with E-state index < -0.39 is 33.5 Å². The first kappa shape index (κ1) is 14.0. The Kier molecular flexibility index (Phi) is 4.13. The number of aliphatic carboxylic acids is 1. The van der Waals surface area contributed by atoms with Crippen LogP contribution in [0.3, 0.4) is 0 Å². The fourth-order valence-electron chi connectivity index (χ4n) is 1.45. The van der Waals surface area contributed by atoms with E-state index >= 15 is 0 Å². The van der Waals surface area contributed by atoms with Crippen LogP contribution >= 0.6 is 0 Å². The number of rotatable bonds is 6. The number of carboxylic acids is 1. The van der Waals surface area contributed by atoms with Crippen molar-refractivity contribution in [3.63, 3.8) is 0 Å². The van der Waals surface area contributed by atoms with Crippen LogP contribution in [0.5, 0.6) is 0 Å². The minimum atomic E-state index is -3.48. The van der Waals surface area contributed by atoms with Crippen molar-refractivity contribution in [3.8, 4) is 0 Å². The Hall–Kier alpha value is -1.11. The molecule has 17 heavy (non-hydrogen) atoms. The Morgan fingerprint density at radius 1 is 1.41 bits per heavy atom. The Labute approximate surface area is 101 Å². The first-order chi connectivity index (χ1) is 7.71. The molecule has 0 aliphatic heterocycles. The van der Waals surface area contributed by atoms with Crippen molar-refractivity contribution in [2.75, 3.05) is 19.3 Å². The van der Waals surface area contributed by atoms with Crippen molar-refractivity contribution in [1.29, 1.82) is 0 Å². The van der Waals surface area contributed by atoms with Crippen LogP contribution in [0.4, 0.5) is 0 Å². The smallest absolute Gasteiger partial charge is 0.323 e. The summed E-state index contributed by atoms with van der Waals surface area (Å²) in [4.78, 5) is 23.6. The van der Waals surface area contributed by atoms with Gasteiger partial charge in [0, 0.05) is 12.8 Å². The number of carbonyl (C=O) groups excluding carboxylic acids is 1. The van der Waals surface area contributed by atoms with Gasteiger partial charge >= 0.3 is 5.97 Å². The molecular formula is C10H17NO5S. The van der Waals surface area contributed by atoms with Gasteiger partial charge in [-0.15, -0.1) is 0 Å². The molecule has 0 bridgehead atoms.